The van der Waals surface area contributed by atoms with Gasteiger partial charge in [0, 0.05) is 30.5 Å². The molecule has 1 unspecified atom stereocenters. The zero-order valence-electron chi connectivity index (χ0n) is 15.9. The maximum Gasteiger partial charge on any atom is 0.266 e. The number of aromatic nitrogens is 4. The first-order valence-corrected chi connectivity index (χ1v) is 11.7. The van der Waals surface area contributed by atoms with Gasteiger partial charge in [-0.15, -0.1) is 21.5 Å². The van der Waals surface area contributed by atoms with Crippen LogP contribution < -0.4 is 0 Å². The molecule has 0 bridgehead atoms. The molecule has 8 heteroatoms. The minimum absolute atomic E-state index is 0.0259. The van der Waals surface area contributed by atoms with E-state index in [0.717, 1.165) is 71.6 Å². The second-order valence-corrected chi connectivity index (χ2v) is 9.32. The molecule has 1 fully saturated rings. The Morgan fingerprint density at radius 1 is 1.18 bits per heavy atom. The standard InChI is InChI=1S/C20H23N5OS2/c1-13-17(28-19(21-13)14-8-11-27-12-14)20(26)24-10-5-6-15(24)18-23-22-16-7-3-2-4-9-25(16)18/h8,11-12,15H,2-7,9-10H2,1H3. The summed E-state index contributed by atoms with van der Waals surface area (Å²) in [6, 6.07) is 2.08. The number of likely N-dealkylation sites (tertiary alicyclic amines) is 1. The molecule has 6 nitrogen and oxygen atoms in total. The van der Waals surface area contributed by atoms with Gasteiger partial charge in [0.15, 0.2) is 5.82 Å². The van der Waals surface area contributed by atoms with Crippen molar-refractivity contribution in [3.05, 3.63) is 39.0 Å². The maximum absolute atomic E-state index is 13.4. The number of hydrogen-bond acceptors (Lipinski definition) is 6. The van der Waals surface area contributed by atoms with Crippen LogP contribution in [0.25, 0.3) is 10.6 Å². The van der Waals surface area contributed by atoms with Crippen LogP contribution in [0.2, 0.25) is 0 Å². The molecule has 0 aliphatic carbocycles. The maximum atomic E-state index is 13.4. The van der Waals surface area contributed by atoms with E-state index in [1.807, 2.05) is 17.2 Å². The molecule has 5 heterocycles. The number of carbonyl (C=O) groups excluding carboxylic acids is 1. The van der Waals surface area contributed by atoms with Gasteiger partial charge in [-0.1, -0.05) is 6.42 Å². The minimum Gasteiger partial charge on any atom is -0.328 e. The monoisotopic (exact) mass is 413 g/mol. The van der Waals surface area contributed by atoms with Gasteiger partial charge in [-0.3, -0.25) is 4.79 Å². The molecule has 28 heavy (non-hydrogen) atoms. The first kappa shape index (κ1) is 18.0. The van der Waals surface area contributed by atoms with Gasteiger partial charge in [-0.05, 0) is 44.1 Å². The second-order valence-electron chi connectivity index (χ2n) is 7.54. The lowest BCUT2D eigenvalue weighted by Gasteiger charge is -2.24. The predicted molar refractivity (Wildman–Crippen MR) is 111 cm³/mol. The van der Waals surface area contributed by atoms with Gasteiger partial charge in [0.25, 0.3) is 5.91 Å². The van der Waals surface area contributed by atoms with Crippen molar-refractivity contribution in [3.63, 3.8) is 0 Å². The number of thiophene rings is 1. The molecule has 0 N–H and O–H groups in total. The Balaban J connectivity index is 1.45. The quantitative estimate of drug-likeness (QED) is 0.635. The van der Waals surface area contributed by atoms with E-state index in [1.54, 1.807) is 11.3 Å². The first-order valence-electron chi connectivity index (χ1n) is 9.95. The van der Waals surface area contributed by atoms with E-state index in [0.29, 0.717) is 0 Å². The summed E-state index contributed by atoms with van der Waals surface area (Å²) in [4.78, 5) is 20.8. The highest BCUT2D eigenvalue weighted by Gasteiger charge is 2.36. The SMILES string of the molecule is Cc1nc(-c2ccsc2)sc1C(=O)N1CCCC1c1nnc2n1CCCCC2. The van der Waals surface area contributed by atoms with Crippen molar-refractivity contribution < 1.29 is 4.79 Å². The average Bonchev–Trinajstić information content (AvgIpc) is 3.46. The Hall–Kier alpha value is -2.06. The Labute approximate surface area is 172 Å². The van der Waals surface area contributed by atoms with Gasteiger partial charge in [0.1, 0.15) is 15.7 Å². The Kier molecular flexibility index (Phi) is 4.76. The fourth-order valence-electron chi connectivity index (χ4n) is 4.27. The molecular weight excluding hydrogens is 390 g/mol. The molecule has 0 radical (unpaired) electrons. The minimum atomic E-state index is 0.0259. The van der Waals surface area contributed by atoms with Crippen LogP contribution in [0.3, 0.4) is 0 Å². The van der Waals surface area contributed by atoms with Crippen LogP contribution in [0.5, 0.6) is 0 Å². The third kappa shape index (κ3) is 3.08. The average molecular weight is 414 g/mol. The molecule has 0 saturated carbocycles. The highest BCUT2D eigenvalue weighted by atomic mass is 32.1. The molecule has 146 valence electrons. The molecule has 0 aromatic carbocycles. The third-order valence-electron chi connectivity index (χ3n) is 5.71. The van der Waals surface area contributed by atoms with Gasteiger partial charge in [-0.2, -0.15) is 11.3 Å². The lowest BCUT2D eigenvalue weighted by Crippen LogP contribution is -2.32. The number of carbonyl (C=O) groups is 1. The summed E-state index contributed by atoms with van der Waals surface area (Å²) in [6.07, 6.45) is 6.54. The highest BCUT2D eigenvalue weighted by molar-refractivity contribution is 7.17. The van der Waals surface area contributed by atoms with Crippen LogP contribution in [0.1, 0.15) is 65.2 Å². The van der Waals surface area contributed by atoms with E-state index in [2.05, 4.69) is 31.2 Å². The molecule has 3 aromatic heterocycles. The van der Waals surface area contributed by atoms with Crippen molar-refractivity contribution in [2.45, 2.75) is 58.0 Å². The van der Waals surface area contributed by atoms with Crippen molar-refractivity contribution >= 4 is 28.6 Å². The molecule has 1 amide bonds. The van der Waals surface area contributed by atoms with Gasteiger partial charge in [0.05, 0.1) is 11.7 Å². The molecule has 2 aliphatic rings. The fraction of sp³-hybridized carbons (Fsp3) is 0.500. The van der Waals surface area contributed by atoms with E-state index >= 15 is 0 Å². The number of fused-ring (bicyclic) bond motifs is 1. The van der Waals surface area contributed by atoms with E-state index in [9.17, 15) is 4.79 Å². The lowest BCUT2D eigenvalue weighted by atomic mass is 10.2. The summed E-state index contributed by atoms with van der Waals surface area (Å²) >= 11 is 3.16. The van der Waals surface area contributed by atoms with Crippen LogP contribution in [-0.2, 0) is 13.0 Å². The van der Waals surface area contributed by atoms with Gasteiger partial charge >= 0.3 is 0 Å². The fourth-order valence-corrected chi connectivity index (χ4v) is 6.00. The molecule has 1 saturated heterocycles. The number of rotatable bonds is 3. The van der Waals surface area contributed by atoms with Crippen molar-refractivity contribution in [2.75, 3.05) is 6.54 Å². The highest BCUT2D eigenvalue weighted by Crippen LogP contribution is 2.36. The van der Waals surface area contributed by atoms with E-state index < -0.39 is 0 Å². The number of hydrogen-bond donors (Lipinski definition) is 0. The summed E-state index contributed by atoms with van der Waals surface area (Å²) in [7, 11) is 0. The van der Waals surface area contributed by atoms with Crippen LogP contribution in [0.15, 0.2) is 16.8 Å². The Morgan fingerprint density at radius 2 is 2.11 bits per heavy atom. The molecule has 3 aromatic rings. The smallest absolute Gasteiger partial charge is 0.266 e. The topological polar surface area (TPSA) is 63.9 Å². The largest absolute Gasteiger partial charge is 0.328 e. The summed E-state index contributed by atoms with van der Waals surface area (Å²) in [5.74, 6) is 2.15. The van der Waals surface area contributed by atoms with E-state index in [4.69, 9.17) is 0 Å². The molecule has 2 aliphatic heterocycles. The first-order chi connectivity index (χ1) is 13.7. The number of thiazole rings is 1. The summed E-state index contributed by atoms with van der Waals surface area (Å²) in [5, 5.41) is 14.0. The third-order valence-corrected chi connectivity index (χ3v) is 7.59. The molecular formula is C20H23N5OS2. The normalized spacial score (nSPS) is 19.6. The lowest BCUT2D eigenvalue weighted by molar-refractivity contribution is 0.0731. The van der Waals surface area contributed by atoms with E-state index in [1.165, 1.54) is 24.2 Å². The zero-order chi connectivity index (χ0) is 19.1. The predicted octanol–water partition coefficient (Wildman–Crippen LogP) is 4.48. The zero-order valence-corrected chi connectivity index (χ0v) is 17.6. The van der Waals surface area contributed by atoms with Gasteiger partial charge < -0.3 is 9.47 Å². The van der Waals surface area contributed by atoms with Gasteiger partial charge in [-0.25, -0.2) is 4.98 Å². The second kappa shape index (κ2) is 7.40. The van der Waals surface area contributed by atoms with Crippen LogP contribution >= 0.6 is 22.7 Å². The van der Waals surface area contributed by atoms with Crippen LogP contribution in [0, 0.1) is 6.92 Å². The van der Waals surface area contributed by atoms with E-state index in [-0.39, 0.29) is 11.9 Å². The van der Waals surface area contributed by atoms with Gasteiger partial charge in [0.2, 0.25) is 0 Å². The summed E-state index contributed by atoms with van der Waals surface area (Å²) in [5.41, 5.74) is 1.92. The van der Waals surface area contributed by atoms with Crippen molar-refractivity contribution in [1.29, 1.82) is 0 Å². The van der Waals surface area contributed by atoms with Crippen molar-refractivity contribution in [2.24, 2.45) is 0 Å². The van der Waals surface area contributed by atoms with Crippen LogP contribution in [0.4, 0.5) is 0 Å². The molecule has 5 rings (SSSR count). The van der Waals surface area contributed by atoms with Crippen molar-refractivity contribution in [3.8, 4) is 10.6 Å². The number of amides is 1. The molecule has 0 spiro atoms. The Morgan fingerprint density at radius 3 is 2.96 bits per heavy atom. The molecule has 1 atom stereocenters. The van der Waals surface area contributed by atoms with Crippen molar-refractivity contribution in [1.82, 2.24) is 24.6 Å². The number of aryl methyl sites for hydroxylation is 2. The summed E-state index contributed by atoms with van der Waals surface area (Å²) < 4.78 is 2.28. The van der Waals surface area contributed by atoms with Crippen LogP contribution in [-0.4, -0.2) is 37.1 Å². The number of nitrogens with zero attached hydrogens (tertiary/aromatic N) is 5. The Bertz CT molecular complexity index is 991. The summed E-state index contributed by atoms with van der Waals surface area (Å²) in [6.45, 7) is 3.68.